The Balaban J connectivity index is 2.32. The first-order valence-electron chi connectivity index (χ1n) is 6.45. The number of imidazole rings is 1. The Morgan fingerprint density at radius 3 is 2.50 bits per heavy atom. The number of fused-ring (bicyclic) bond motifs is 1. The number of aromatic nitrogens is 2. The summed E-state index contributed by atoms with van der Waals surface area (Å²) in [4.78, 5) is 4.77. The van der Waals surface area contributed by atoms with Gasteiger partial charge in [0.15, 0.2) is 0 Å². The van der Waals surface area contributed by atoms with Gasteiger partial charge in [-0.1, -0.05) is 29.8 Å². The van der Waals surface area contributed by atoms with Gasteiger partial charge in [-0.15, -0.1) is 11.6 Å². The molecule has 0 saturated heterocycles. The molecule has 0 bridgehead atoms. The van der Waals surface area contributed by atoms with E-state index in [0.29, 0.717) is 5.02 Å². The molecule has 1 aromatic carbocycles. The summed E-state index contributed by atoms with van der Waals surface area (Å²) in [6, 6.07) is 11.8. The van der Waals surface area contributed by atoms with Gasteiger partial charge in [0.05, 0.1) is 16.8 Å². The summed E-state index contributed by atoms with van der Waals surface area (Å²) in [6.45, 7) is 4.02. The maximum Gasteiger partial charge on any atom is 0.140 e. The molecule has 3 aromatic rings. The molecule has 0 aliphatic carbocycles. The number of hydrogen-bond donors (Lipinski definition) is 0. The van der Waals surface area contributed by atoms with Crippen molar-refractivity contribution in [1.82, 2.24) is 9.38 Å². The Morgan fingerprint density at radius 1 is 1.15 bits per heavy atom. The number of aryl methyl sites for hydroxylation is 1. The molecule has 4 heteroatoms. The fourth-order valence-electron chi connectivity index (χ4n) is 2.42. The van der Waals surface area contributed by atoms with Crippen molar-refractivity contribution in [3.63, 3.8) is 0 Å². The van der Waals surface area contributed by atoms with Crippen LogP contribution in [-0.4, -0.2) is 9.38 Å². The van der Waals surface area contributed by atoms with E-state index in [1.165, 1.54) is 0 Å². The number of benzene rings is 1. The van der Waals surface area contributed by atoms with Crippen LogP contribution in [0.15, 0.2) is 42.6 Å². The van der Waals surface area contributed by atoms with Gasteiger partial charge in [0.25, 0.3) is 0 Å². The van der Waals surface area contributed by atoms with Gasteiger partial charge in [-0.05, 0) is 37.6 Å². The van der Waals surface area contributed by atoms with E-state index in [4.69, 9.17) is 28.2 Å². The van der Waals surface area contributed by atoms with Crippen molar-refractivity contribution in [1.29, 1.82) is 0 Å². The molecule has 0 aliphatic heterocycles. The van der Waals surface area contributed by atoms with Gasteiger partial charge in [0.2, 0.25) is 0 Å². The molecular formula is C16H14Cl2N2. The lowest BCUT2D eigenvalue weighted by Gasteiger charge is -2.07. The molecule has 0 amide bonds. The number of rotatable bonds is 2. The van der Waals surface area contributed by atoms with Crippen molar-refractivity contribution < 1.29 is 0 Å². The minimum absolute atomic E-state index is 0.127. The highest BCUT2D eigenvalue weighted by Gasteiger charge is 2.18. The monoisotopic (exact) mass is 304 g/mol. The summed E-state index contributed by atoms with van der Waals surface area (Å²) in [7, 11) is 0. The highest BCUT2D eigenvalue weighted by atomic mass is 35.5. The summed E-state index contributed by atoms with van der Waals surface area (Å²) >= 11 is 12.3. The van der Waals surface area contributed by atoms with Crippen molar-refractivity contribution in [3.05, 3.63) is 58.9 Å². The third-order valence-electron chi connectivity index (χ3n) is 3.38. The Bertz CT molecular complexity index is 758. The van der Waals surface area contributed by atoms with Crippen LogP contribution in [0.5, 0.6) is 0 Å². The lowest BCUT2D eigenvalue weighted by atomic mass is 10.1. The molecule has 0 N–H and O–H groups in total. The zero-order chi connectivity index (χ0) is 14.3. The molecule has 1 atom stereocenters. The SMILES string of the molecule is Cc1cccn2c(C(C)Cl)c(-c3ccc(Cl)cc3)nc12. The second kappa shape index (κ2) is 5.12. The van der Waals surface area contributed by atoms with Crippen LogP contribution in [0.3, 0.4) is 0 Å². The van der Waals surface area contributed by atoms with Crippen LogP contribution >= 0.6 is 23.2 Å². The van der Waals surface area contributed by atoms with E-state index >= 15 is 0 Å². The fraction of sp³-hybridized carbons (Fsp3) is 0.188. The maximum absolute atomic E-state index is 6.38. The van der Waals surface area contributed by atoms with Crippen molar-refractivity contribution in [3.8, 4) is 11.3 Å². The standard InChI is InChI=1S/C16H14Cl2N2/c1-10-4-3-9-20-15(11(2)17)14(19-16(10)20)12-5-7-13(18)8-6-12/h3-9,11H,1-2H3. The molecule has 2 aromatic heterocycles. The number of alkyl halides is 1. The minimum Gasteiger partial charge on any atom is -0.302 e. The minimum atomic E-state index is -0.127. The summed E-state index contributed by atoms with van der Waals surface area (Å²) in [5.74, 6) is 0. The van der Waals surface area contributed by atoms with Gasteiger partial charge in [-0.25, -0.2) is 4.98 Å². The van der Waals surface area contributed by atoms with E-state index in [0.717, 1.165) is 28.2 Å². The largest absolute Gasteiger partial charge is 0.302 e. The average molecular weight is 305 g/mol. The summed E-state index contributed by atoms with van der Waals surface area (Å²) in [5.41, 5.74) is 5.03. The molecule has 0 aliphatic rings. The van der Waals surface area contributed by atoms with Crippen molar-refractivity contribution in [2.45, 2.75) is 19.2 Å². The molecular weight excluding hydrogens is 291 g/mol. The van der Waals surface area contributed by atoms with Crippen LogP contribution in [0.1, 0.15) is 23.6 Å². The fourth-order valence-corrected chi connectivity index (χ4v) is 2.76. The Morgan fingerprint density at radius 2 is 1.85 bits per heavy atom. The van der Waals surface area contributed by atoms with Crippen molar-refractivity contribution >= 4 is 28.8 Å². The molecule has 0 spiro atoms. The van der Waals surface area contributed by atoms with Crippen LogP contribution in [0, 0.1) is 6.92 Å². The topological polar surface area (TPSA) is 17.3 Å². The van der Waals surface area contributed by atoms with Gasteiger partial charge in [0.1, 0.15) is 5.65 Å². The average Bonchev–Trinajstić information content (AvgIpc) is 2.80. The van der Waals surface area contributed by atoms with E-state index in [9.17, 15) is 0 Å². The van der Waals surface area contributed by atoms with Crippen molar-refractivity contribution in [2.75, 3.05) is 0 Å². The Labute approximate surface area is 128 Å². The molecule has 0 fully saturated rings. The number of hydrogen-bond acceptors (Lipinski definition) is 1. The summed E-state index contributed by atoms with van der Waals surface area (Å²) in [6.07, 6.45) is 2.00. The van der Waals surface area contributed by atoms with Gasteiger partial charge < -0.3 is 4.40 Å². The third kappa shape index (κ3) is 2.19. The zero-order valence-electron chi connectivity index (χ0n) is 11.3. The van der Waals surface area contributed by atoms with Gasteiger partial charge in [-0.2, -0.15) is 0 Å². The lowest BCUT2D eigenvalue weighted by Crippen LogP contribution is -1.95. The van der Waals surface area contributed by atoms with Gasteiger partial charge >= 0.3 is 0 Å². The van der Waals surface area contributed by atoms with Crippen LogP contribution in [-0.2, 0) is 0 Å². The van der Waals surface area contributed by atoms with Crippen LogP contribution in [0.2, 0.25) is 5.02 Å². The first kappa shape index (κ1) is 13.5. The summed E-state index contributed by atoms with van der Waals surface area (Å²) < 4.78 is 2.07. The quantitative estimate of drug-likeness (QED) is 0.590. The number of pyridine rings is 1. The first-order valence-corrected chi connectivity index (χ1v) is 7.27. The molecule has 20 heavy (non-hydrogen) atoms. The maximum atomic E-state index is 6.38. The van der Waals surface area contributed by atoms with Crippen LogP contribution < -0.4 is 0 Å². The van der Waals surface area contributed by atoms with Crippen LogP contribution in [0.25, 0.3) is 16.9 Å². The molecule has 0 saturated carbocycles. The predicted octanol–water partition coefficient (Wildman–Crippen LogP) is 5.26. The van der Waals surface area contributed by atoms with E-state index < -0.39 is 0 Å². The van der Waals surface area contributed by atoms with E-state index in [1.54, 1.807) is 0 Å². The van der Waals surface area contributed by atoms with Crippen molar-refractivity contribution in [2.24, 2.45) is 0 Å². The lowest BCUT2D eigenvalue weighted by molar-refractivity contribution is 0.962. The molecule has 2 heterocycles. The number of halogens is 2. The second-order valence-electron chi connectivity index (χ2n) is 4.85. The summed E-state index contributed by atoms with van der Waals surface area (Å²) in [5, 5.41) is 0.589. The zero-order valence-corrected chi connectivity index (χ0v) is 12.8. The normalized spacial score (nSPS) is 12.8. The molecule has 0 radical (unpaired) electrons. The van der Waals surface area contributed by atoms with Gasteiger partial charge in [0, 0.05) is 16.8 Å². The first-order chi connectivity index (χ1) is 9.58. The molecule has 3 rings (SSSR count). The second-order valence-corrected chi connectivity index (χ2v) is 5.94. The predicted molar refractivity (Wildman–Crippen MR) is 84.6 cm³/mol. The van der Waals surface area contributed by atoms with Gasteiger partial charge in [-0.3, -0.25) is 0 Å². The molecule has 2 nitrogen and oxygen atoms in total. The number of nitrogens with zero attached hydrogens (tertiary/aromatic N) is 2. The van der Waals surface area contributed by atoms with E-state index in [-0.39, 0.29) is 5.38 Å². The molecule has 102 valence electrons. The third-order valence-corrected chi connectivity index (χ3v) is 3.84. The van der Waals surface area contributed by atoms with E-state index in [1.807, 2.05) is 43.5 Å². The smallest absolute Gasteiger partial charge is 0.140 e. The highest BCUT2D eigenvalue weighted by Crippen LogP contribution is 2.33. The Hall–Kier alpha value is -1.51. The van der Waals surface area contributed by atoms with Crippen LogP contribution in [0.4, 0.5) is 0 Å². The van der Waals surface area contributed by atoms with E-state index in [2.05, 4.69) is 17.4 Å². The molecule has 1 unspecified atom stereocenters. The highest BCUT2D eigenvalue weighted by molar-refractivity contribution is 6.30. The Kier molecular flexibility index (Phi) is 3.45.